The van der Waals surface area contributed by atoms with Gasteiger partial charge < -0.3 is 18.9 Å². The van der Waals surface area contributed by atoms with Gasteiger partial charge in [0.2, 0.25) is 0 Å². The highest BCUT2D eigenvalue weighted by Gasteiger charge is 2.35. The highest BCUT2D eigenvalue weighted by Crippen LogP contribution is 2.38. The lowest BCUT2D eigenvalue weighted by atomic mass is 9.93. The highest BCUT2D eigenvalue weighted by molar-refractivity contribution is 14.1. The third-order valence-corrected chi connectivity index (χ3v) is 10.5. The van der Waals surface area contributed by atoms with Crippen LogP contribution >= 0.6 is 56.5 Å². The number of benzene rings is 4. The van der Waals surface area contributed by atoms with Gasteiger partial charge in [0, 0.05) is 11.1 Å². The van der Waals surface area contributed by atoms with Crippen LogP contribution < -0.4 is 29.1 Å². The minimum absolute atomic E-state index is 0.148. The number of nitrogens with zero attached hydrogens (tertiary/aromatic N) is 3. The van der Waals surface area contributed by atoms with Crippen molar-refractivity contribution >= 4 is 74.3 Å². The molecule has 50 heavy (non-hydrogen) atoms. The van der Waals surface area contributed by atoms with E-state index in [0.29, 0.717) is 43.4 Å². The molecule has 0 bridgehead atoms. The Morgan fingerprint density at radius 2 is 1.68 bits per heavy atom. The second kappa shape index (κ2) is 15.6. The number of thiazole rings is 1. The van der Waals surface area contributed by atoms with Crippen LogP contribution in [0.15, 0.2) is 100 Å². The smallest absolute Gasteiger partial charge is 0.338 e. The molecule has 252 valence electrons. The Hall–Kier alpha value is -4.46. The number of halogens is 2. The van der Waals surface area contributed by atoms with Crippen molar-refractivity contribution in [3.8, 4) is 23.3 Å². The van der Waals surface area contributed by atoms with E-state index in [1.54, 1.807) is 36.8 Å². The van der Waals surface area contributed by atoms with Crippen LogP contribution in [0, 0.1) is 18.5 Å². The summed E-state index contributed by atoms with van der Waals surface area (Å²) in [4.78, 5) is 33.6. The quantitative estimate of drug-likeness (QED) is 0.115. The van der Waals surface area contributed by atoms with Crippen molar-refractivity contribution in [2.75, 3.05) is 20.8 Å². The minimum atomic E-state index is -0.866. The maximum Gasteiger partial charge on any atom is 0.338 e. The summed E-state index contributed by atoms with van der Waals surface area (Å²) in [6.07, 6.45) is 1.82. The van der Waals surface area contributed by atoms with Crippen molar-refractivity contribution in [2.24, 2.45) is 4.99 Å². The van der Waals surface area contributed by atoms with Crippen molar-refractivity contribution < 1.29 is 23.7 Å². The van der Waals surface area contributed by atoms with E-state index >= 15 is 0 Å². The Labute approximate surface area is 319 Å². The fourth-order valence-corrected chi connectivity index (χ4v) is 8.76. The van der Waals surface area contributed by atoms with E-state index < -0.39 is 12.0 Å². The molecule has 2 heterocycles. The SMILES string of the molecule is CCOC(=O)C1=C(c2ccccc2)N=c2s/c(=C\c3cc(I)c(OCc4ccccc4C#N)c(I)c3)c(=O)n2[C@H]1c1ccc(OC)c(OC)c1. The van der Waals surface area contributed by atoms with Gasteiger partial charge >= 0.3 is 5.97 Å². The number of carbonyl (C=O) groups excluding carboxylic acids is 1. The average molecular weight is 910 g/mol. The van der Waals surface area contributed by atoms with Crippen LogP contribution in [-0.4, -0.2) is 31.4 Å². The lowest BCUT2D eigenvalue weighted by molar-refractivity contribution is -0.138. The third-order valence-electron chi connectivity index (χ3n) is 7.93. The van der Waals surface area contributed by atoms with Gasteiger partial charge in [0.05, 0.1) is 61.4 Å². The van der Waals surface area contributed by atoms with Crippen molar-refractivity contribution in [2.45, 2.75) is 19.6 Å². The van der Waals surface area contributed by atoms with E-state index in [4.69, 9.17) is 23.9 Å². The van der Waals surface area contributed by atoms with Crippen LogP contribution in [0.1, 0.15) is 40.8 Å². The van der Waals surface area contributed by atoms with Crippen LogP contribution in [0.25, 0.3) is 11.8 Å². The normalized spacial score (nSPS) is 14.0. The van der Waals surface area contributed by atoms with E-state index in [1.165, 1.54) is 18.4 Å². The highest BCUT2D eigenvalue weighted by atomic mass is 127. The summed E-state index contributed by atoms with van der Waals surface area (Å²) in [6.45, 7) is 2.14. The zero-order valence-corrected chi connectivity index (χ0v) is 32.2. The largest absolute Gasteiger partial charge is 0.493 e. The molecule has 5 aromatic rings. The molecule has 1 aliphatic rings. The molecule has 0 saturated carbocycles. The maximum absolute atomic E-state index is 14.4. The topological polar surface area (TPSA) is 112 Å². The summed E-state index contributed by atoms with van der Waals surface area (Å²) >= 11 is 5.68. The standard InChI is InChI=1S/C38H29I2N3O6S/c1-4-48-37(45)32-33(23-10-6-5-7-11-23)42-38-43(34(32)24-14-15-29(46-2)30(19-24)47-3)36(44)31(50-38)18-22-16-27(39)35(28(40)17-22)49-21-26-13-9-8-12-25(26)20-41/h5-19,34H,4,21H2,1-3H3/b31-18-/t34-/m0/s1. The molecule has 0 saturated heterocycles. The van der Waals surface area contributed by atoms with Crippen LogP contribution in [0.4, 0.5) is 0 Å². The third kappa shape index (κ3) is 7.07. The van der Waals surface area contributed by atoms with Crippen LogP contribution in [-0.2, 0) is 16.1 Å². The second-order valence-electron chi connectivity index (χ2n) is 10.9. The fraction of sp³-hybridized carbons (Fsp3) is 0.158. The van der Waals surface area contributed by atoms with Gasteiger partial charge in [-0.25, -0.2) is 9.79 Å². The Kier molecular flexibility index (Phi) is 11.0. The number of methoxy groups -OCH3 is 2. The molecule has 0 aliphatic carbocycles. The molecule has 0 radical (unpaired) electrons. The Morgan fingerprint density at radius 1 is 0.980 bits per heavy atom. The summed E-state index contributed by atoms with van der Waals surface area (Å²) in [6, 6.07) is 27.3. The lowest BCUT2D eigenvalue weighted by Crippen LogP contribution is -2.40. The molecule has 1 aliphatic heterocycles. The van der Waals surface area contributed by atoms with Crippen molar-refractivity contribution in [3.05, 3.63) is 145 Å². The van der Waals surface area contributed by atoms with Gasteiger partial charge in [0.1, 0.15) is 12.4 Å². The zero-order chi connectivity index (χ0) is 35.4. The lowest BCUT2D eigenvalue weighted by Gasteiger charge is -2.26. The summed E-state index contributed by atoms with van der Waals surface area (Å²) in [5, 5.41) is 9.47. The molecule has 9 nitrogen and oxygen atoms in total. The van der Waals surface area contributed by atoms with E-state index in [1.807, 2.05) is 72.8 Å². The van der Waals surface area contributed by atoms with Gasteiger partial charge in [-0.2, -0.15) is 5.26 Å². The molecule has 0 N–H and O–H groups in total. The van der Waals surface area contributed by atoms with Gasteiger partial charge in [-0.15, -0.1) is 0 Å². The Morgan fingerprint density at radius 3 is 2.36 bits per heavy atom. The first-order valence-corrected chi connectivity index (χ1v) is 18.4. The molecule has 0 unspecified atom stereocenters. The number of nitriles is 1. The minimum Gasteiger partial charge on any atom is -0.493 e. The predicted molar refractivity (Wildman–Crippen MR) is 208 cm³/mol. The first kappa shape index (κ1) is 35.4. The van der Waals surface area contributed by atoms with Crippen LogP contribution in [0.5, 0.6) is 17.2 Å². The van der Waals surface area contributed by atoms with Gasteiger partial charge in [0.25, 0.3) is 5.56 Å². The van der Waals surface area contributed by atoms with E-state index in [2.05, 4.69) is 51.3 Å². The average Bonchev–Trinajstić information content (AvgIpc) is 3.44. The van der Waals surface area contributed by atoms with Crippen molar-refractivity contribution in [3.63, 3.8) is 0 Å². The second-order valence-corrected chi connectivity index (χ2v) is 14.3. The first-order chi connectivity index (χ1) is 24.3. The molecular weight excluding hydrogens is 880 g/mol. The van der Waals surface area contributed by atoms with E-state index in [-0.39, 0.29) is 24.3 Å². The molecule has 0 fully saturated rings. The molecule has 1 aromatic heterocycles. The number of carbonyl (C=O) groups is 1. The predicted octanol–water partition coefficient (Wildman–Crippen LogP) is 6.61. The Balaban J connectivity index is 1.50. The number of esters is 1. The van der Waals surface area contributed by atoms with E-state index in [9.17, 15) is 14.9 Å². The monoisotopic (exact) mass is 909 g/mol. The molecule has 1 atom stereocenters. The van der Waals surface area contributed by atoms with E-state index in [0.717, 1.165) is 23.8 Å². The Bertz CT molecular complexity index is 2340. The molecule has 12 heteroatoms. The fourth-order valence-electron chi connectivity index (χ4n) is 5.64. The molecule has 0 amide bonds. The summed E-state index contributed by atoms with van der Waals surface area (Å²) in [5.41, 5.74) is 3.88. The molecule has 4 aromatic carbocycles. The van der Waals surface area contributed by atoms with Crippen molar-refractivity contribution in [1.82, 2.24) is 4.57 Å². The van der Waals surface area contributed by atoms with Gasteiger partial charge in [-0.05, 0) is 99.6 Å². The first-order valence-electron chi connectivity index (χ1n) is 15.4. The van der Waals surface area contributed by atoms with Gasteiger partial charge in [-0.1, -0.05) is 65.9 Å². The summed E-state index contributed by atoms with van der Waals surface area (Å²) in [7, 11) is 3.09. The van der Waals surface area contributed by atoms with Gasteiger partial charge in [0.15, 0.2) is 16.3 Å². The summed E-state index contributed by atoms with van der Waals surface area (Å²) < 4.78 is 26.5. The number of rotatable bonds is 10. The number of hydrogen-bond donors (Lipinski definition) is 0. The van der Waals surface area contributed by atoms with Crippen LogP contribution in [0.2, 0.25) is 0 Å². The molecule has 0 spiro atoms. The molecular formula is C38H29I2N3O6S. The number of hydrogen-bond acceptors (Lipinski definition) is 9. The number of fused-ring (bicyclic) bond motifs is 1. The number of ether oxygens (including phenoxy) is 4. The number of aromatic nitrogens is 1. The molecule has 6 rings (SSSR count). The van der Waals surface area contributed by atoms with Gasteiger partial charge in [-0.3, -0.25) is 9.36 Å². The van der Waals surface area contributed by atoms with Crippen LogP contribution in [0.3, 0.4) is 0 Å². The van der Waals surface area contributed by atoms with Crippen molar-refractivity contribution in [1.29, 1.82) is 5.26 Å². The summed E-state index contributed by atoms with van der Waals surface area (Å²) in [5.74, 6) is 1.09. The zero-order valence-electron chi connectivity index (χ0n) is 27.1. The maximum atomic E-state index is 14.4.